The van der Waals surface area contributed by atoms with Gasteiger partial charge in [0.2, 0.25) is 5.28 Å². The van der Waals surface area contributed by atoms with E-state index in [1.165, 1.54) is 0 Å². The van der Waals surface area contributed by atoms with Crippen molar-refractivity contribution in [1.82, 2.24) is 15.0 Å². The highest BCUT2D eigenvalue weighted by atomic mass is 35.5. The molecule has 4 rings (SSSR count). The minimum atomic E-state index is -0.429. The van der Waals surface area contributed by atoms with Crippen molar-refractivity contribution in [3.8, 4) is 33.9 Å². The molecule has 25 heavy (non-hydrogen) atoms. The fraction of sp³-hybridized carbons (Fsp3) is 0. The van der Waals surface area contributed by atoms with E-state index in [1.807, 2.05) is 30.3 Å². The average Bonchev–Trinajstić information content (AvgIpc) is 2.77. The zero-order valence-corrected chi connectivity index (χ0v) is 13.7. The van der Waals surface area contributed by atoms with Gasteiger partial charge in [-0.05, 0) is 28.8 Å². The molecule has 0 saturated carbocycles. The van der Waals surface area contributed by atoms with Gasteiger partial charge in [-0.1, -0.05) is 78.7 Å². The van der Waals surface area contributed by atoms with Crippen molar-refractivity contribution in [3.63, 3.8) is 0 Å². The topological polar surface area (TPSA) is 38.7 Å². The van der Waals surface area contributed by atoms with E-state index in [2.05, 4.69) is 15.0 Å². The third kappa shape index (κ3) is 3.42. The summed E-state index contributed by atoms with van der Waals surface area (Å²) in [5.41, 5.74) is 1.94. The molecule has 3 nitrogen and oxygen atoms in total. The molecule has 0 amide bonds. The van der Waals surface area contributed by atoms with Gasteiger partial charge in [0.25, 0.3) is 0 Å². The van der Waals surface area contributed by atoms with Crippen LogP contribution in [0.4, 0.5) is 0 Å². The zero-order valence-electron chi connectivity index (χ0n) is 17.9. The molecule has 1 heterocycles. The van der Waals surface area contributed by atoms with Gasteiger partial charge in [-0.15, -0.1) is 0 Å². The van der Waals surface area contributed by atoms with Crippen molar-refractivity contribution in [3.05, 3.63) is 90.1 Å². The highest BCUT2D eigenvalue weighted by Gasteiger charge is 2.10. The van der Waals surface area contributed by atoms with E-state index in [0.717, 1.165) is 5.56 Å². The molecule has 4 aromatic rings. The first-order valence-corrected chi connectivity index (χ1v) is 7.89. The Kier molecular flexibility index (Phi) is 2.94. The number of aromatic nitrogens is 3. The Morgan fingerprint density at radius 3 is 2.04 bits per heavy atom. The summed E-state index contributed by atoms with van der Waals surface area (Å²) in [7, 11) is 0. The zero-order chi connectivity index (χ0) is 21.4. The van der Waals surface area contributed by atoms with Crippen LogP contribution in [-0.2, 0) is 0 Å². The van der Waals surface area contributed by atoms with Crippen LogP contribution in [0.2, 0.25) is 5.28 Å². The Labute approximate surface area is 158 Å². The van der Waals surface area contributed by atoms with E-state index in [1.54, 1.807) is 24.3 Å². The van der Waals surface area contributed by atoms with Gasteiger partial charge < -0.3 is 0 Å². The number of nitrogens with zero attached hydrogens (tertiary/aromatic N) is 3. The first-order valence-electron chi connectivity index (χ1n) is 10.0. The van der Waals surface area contributed by atoms with Crippen molar-refractivity contribution < 1.29 is 6.85 Å². The number of hydrogen-bond donors (Lipinski definition) is 0. The minimum Gasteiger partial charge on any atom is -0.208 e. The molecule has 0 aliphatic rings. The van der Waals surface area contributed by atoms with Crippen LogP contribution in [0, 0.1) is 0 Å². The predicted molar refractivity (Wildman–Crippen MR) is 101 cm³/mol. The molecule has 120 valence electrons. The van der Waals surface area contributed by atoms with E-state index in [0.29, 0.717) is 22.8 Å². The second-order valence-corrected chi connectivity index (χ2v) is 5.54. The summed E-state index contributed by atoms with van der Waals surface area (Å²) in [6.45, 7) is 0. The van der Waals surface area contributed by atoms with Crippen LogP contribution < -0.4 is 0 Å². The summed E-state index contributed by atoms with van der Waals surface area (Å²) >= 11 is 6.12. The van der Waals surface area contributed by atoms with Gasteiger partial charge in [0, 0.05) is 11.1 Å². The maximum absolute atomic E-state index is 8.19. The standard InChI is InChI=1S/C21H14ClN3/c22-21-24-19(16-10-5-2-6-11-16)23-20(25-21)18-13-7-12-17(14-18)15-8-3-1-4-9-15/h1-14H/i1D,3D,4D,8D,9D. The predicted octanol–water partition coefficient (Wildman–Crippen LogP) is 5.53. The lowest BCUT2D eigenvalue weighted by atomic mass is 10.0. The van der Waals surface area contributed by atoms with Crippen molar-refractivity contribution in [2.45, 2.75) is 0 Å². The van der Waals surface area contributed by atoms with Crippen LogP contribution in [0.5, 0.6) is 0 Å². The molecule has 1 aromatic heterocycles. The van der Waals surface area contributed by atoms with Crippen molar-refractivity contribution in [2.24, 2.45) is 0 Å². The normalized spacial score (nSPS) is 13.4. The van der Waals surface area contributed by atoms with E-state index >= 15 is 0 Å². The molecular formula is C21H14ClN3. The summed E-state index contributed by atoms with van der Waals surface area (Å²) < 4.78 is 39.9. The van der Waals surface area contributed by atoms with E-state index in [4.69, 9.17) is 18.5 Å². The Morgan fingerprint density at radius 1 is 0.640 bits per heavy atom. The van der Waals surface area contributed by atoms with Gasteiger partial charge in [0.05, 0.1) is 6.85 Å². The molecule has 0 spiro atoms. The monoisotopic (exact) mass is 348 g/mol. The van der Waals surface area contributed by atoms with Crippen LogP contribution in [0.25, 0.3) is 33.9 Å². The van der Waals surface area contributed by atoms with Crippen LogP contribution in [0.1, 0.15) is 6.85 Å². The van der Waals surface area contributed by atoms with Crippen LogP contribution >= 0.6 is 11.6 Å². The lowest BCUT2D eigenvalue weighted by Crippen LogP contribution is -1.97. The fourth-order valence-corrected chi connectivity index (χ4v) is 2.56. The molecule has 0 N–H and O–H groups in total. The molecule has 4 heteroatoms. The van der Waals surface area contributed by atoms with E-state index < -0.39 is 6.04 Å². The molecule has 0 radical (unpaired) electrons. The molecule has 0 unspecified atom stereocenters. The van der Waals surface area contributed by atoms with Crippen LogP contribution in [0.15, 0.2) is 84.8 Å². The molecular weight excluding hydrogens is 330 g/mol. The lowest BCUT2D eigenvalue weighted by molar-refractivity contribution is 1.07. The number of halogens is 1. The summed E-state index contributed by atoms with van der Waals surface area (Å²) in [5, 5.41) is 0.0343. The first-order chi connectivity index (χ1) is 14.4. The molecule has 0 aliphatic heterocycles. The SMILES string of the molecule is [2H]c1c([2H])c([2H])c(-c2cccc(-c3nc(Cl)nc(-c4ccccc4)n3)c2)c([2H])c1[2H]. The van der Waals surface area contributed by atoms with Gasteiger partial charge in [0.15, 0.2) is 11.6 Å². The van der Waals surface area contributed by atoms with Crippen molar-refractivity contribution in [1.29, 1.82) is 0 Å². The highest BCUT2D eigenvalue weighted by molar-refractivity contribution is 6.28. The Morgan fingerprint density at radius 2 is 1.28 bits per heavy atom. The minimum absolute atomic E-state index is 0.0343. The van der Waals surface area contributed by atoms with Gasteiger partial charge >= 0.3 is 0 Å². The maximum atomic E-state index is 8.19. The van der Waals surface area contributed by atoms with Gasteiger partial charge in [-0.3, -0.25) is 0 Å². The van der Waals surface area contributed by atoms with E-state index in [9.17, 15) is 0 Å². The van der Waals surface area contributed by atoms with Gasteiger partial charge in [-0.25, -0.2) is 4.98 Å². The number of benzene rings is 3. The third-order valence-electron chi connectivity index (χ3n) is 3.55. The van der Waals surface area contributed by atoms with Crippen LogP contribution in [-0.4, -0.2) is 15.0 Å². The van der Waals surface area contributed by atoms with Crippen molar-refractivity contribution in [2.75, 3.05) is 0 Å². The molecule has 0 saturated heterocycles. The Hall–Kier alpha value is -3.04. The number of hydrogen-bond acceptors (Lipinski definition) is 3. The molecule has 0 fully saturated rings. The van der Waals surface area contributed by atoms with Crippen molar-refractivity contribution >= 4 is 11.6 Å². The Balaban J connectivity index is 1.86. The summed E-state index contributed by atoms with van der Waals surface area (Å²) in [6.07, 6.45) is 0. The largest absolute Gasteiger partial charge is 0.226 e. The Bertz CT molecular complexity index is 1240. The smallest absolute Gasteiger partial charge is 0.208 e. The second kappa shape index (κ2) is 6.83. The molecule has 0 aliphatic carbocycles. The third-order valence-corrected chi connectivity index (χ3v) is 3.72. The average molecular weight is 349 g/mol. The van der Waals surface area contributed by atoms with Gasteiger partial charge in [-0.2, -0.15) is 9.97 Å². The van der Waals surface area contributed by atoms with Gasteiger partial charge in [0.1, 0.15) is 0 Å². The summed E-state index contributed by atoms with van der Waals surface area (Å²) in [4.78, 5) is 12.9. The molecule has 3 aromatic carbocycles. The number of rotatable bonds is 3. The quantitative estimate of drug-likeness (QED) is 0.489. The molecule has 0 atom stereocenters. The van der Waals surface area contributed by atoms with E-state index in [-0.39, 0.29) is 35.0 Å². The second-order valence-electron chi connectivity index (χ2n) is 5.20. The molecule has 0 bridgehead atoms. The lowest BCUT2D eigenvalue weighted by Gasteiger charge is -2.07. The highest BCUT2D eigenvalue weighted by Crippen LogP contribution is 2.26. The maximum Gasteiger partial charge on any atom is 0.226 e. The first kappa shape index (κ1) is 10.7. The summed E-state index contributed by atoms with van der Waals surface area (Å²) in [5.74, 6) is 0.738. The fourth-order valence-electron chi connectivity index (χ4n) is 2.40. The van der Waals surface area contributed by atoms with Crippen LogP contribution in [0.3, 0.4) is 0 Å². The summed E-state index contributed by atoms with van der Waals surface area (Å²) in [6, 6.07) is 14.4.